The second-order valence-electron chi connectivity index (χ2n) is 5.02. The van der Waals surface area contributed by atoms with E-state index in [1.165, 1.54) is 6.07 Å². The van der Waals surface area contributed by atoms with Gasteiger partial charge in [-0.05, 0) is 17.2 Å². The minimum Gasteiger partial charge on any atom is -0.280 e. The normalized spacial score (nSPS) is 11.2. The zero-order valence-corrected chi connectivity index (χ0v) is 12.1. The topological polar surface area (TPSA) is 12.4 Å². The Morgan fingerprint density at radius 1 is 0.682 bits per heavy atom. The maximum atomic E-state index is 13.8. The maximum absolute atomic E-state index is 13.8. The van der Waals surface area contributed by atoms with E-state index >= 15 is 0 Å². The Bertz CT molecular complexity index is 711. The molecule has 0 N–H and O–H groups in total. The summed E-state index contributed by atoms with van der Waals surface area (Å²) in [7, 11) is 0. The molecule has 3 aromatic rings. The van der Waals surface area contributed by atoms with E-state index in [0.29, 0.717) is 5.56 Å². The second kappa shape index (κ2) is 6.81. The Kier molecular flexibility index (Phi) is 4.40. The first-order valence-electron chi connectivity index (χ1n) is 7.22. The van der Waals surface area contributed by atoms with Crippen molar-refractivity contribution in [1.29, 1.82) is 0 Å². The number of aliphatic imine (C=N–C) groups is 1. The molecule has 0 fully saturated rings. The van der Waals surface area contributed by atoms with Gasteiger partial charge in [-0.25, -0.2) is 4.39 Å². The summed E-state index contributed by atoms with van der Waals surface area (Å²) in [5.41, 5.74) is 2.67. The van der Waals surface area contributed by atoms with Crippen LogP contribution in [-0.2, 0) is 0 Å². The molecule has 3 rings (SSSR count). The van der Waals surface area contributed by atoms with E-state index in [2.05, 4.69) is 4.99 Å². The van der Waals surface area contributed by atoms with Crippen molar-refractivity contribution in [1.82, 2.24) is 0 Å². The van der Waals surface area contributed by atoms with Crippen molar-refractivity contribution in [2.45, 2.75) is 6.04 Å². The molecule has 0 saturated heterocycles. The monoisotopic (exact) mass is 289 g/mol. The minimum atomic E-state index is -0.258. The van der Waals surface area contributed by atoms with E-state index < -0.39 is 0 Å². The first-order valence-corrected chi connectivity index (χ1v) is 7.22. The van der Waals surface area contributed by atoms with Crippen LogP contribution in [0.4, 0.5) is 4.39 Å². The van der Waals surface area contributed by atoms with Gasteiger partial charge in [0.25, 0.3) is 0 Å². The van der Waals surface area contributed by atoms with Gasteiger partial charge in [0.15, 0.2) is 0 Å². The lowest BCUT2D eigenvalue weighted by Crippen LogP contribution is -1.99. The molecule has 3 aromatic carbocycles. The van der Waals surface area contributed by atoms with Crippen LogP contribution in [0.5, 0.6) is 0 Å². The van der Waals surface area contributed by atoms with Crippen molar-refractivity contribution in [3.05, 3.63) is 107 Å². The van der Waals surface area contributed by atoms with Crippen LogP contribution < -0.4 is 0 Å². The highest BCUT2D eigenvalue weighted by Crippen LogP contribution is 2.25. The Labute approximate surface area is 129 Å². The van der Waals surface area contributed by atoms with Gasteiger partial charge in [0.1, 0.15) is 5.82 Å². The molecule has 108 valence electrons. The lowest BCUT2D eigenvalue weighted by molar-refractivity contribution is 0.625. The predicted molar refractivity (Wildman–Crippen MR) is 88.7 cm³/mol. The number of nitrogens with zero attached hydrogens (tertiary/aromatic N) is 1. The summed E-state index contributed by atoms with van der Waals surface area (Å²) >= 11 is 0. The number of rotatable bonds is 4. The van der Waals surface area contributed by atoms with Crippen LogP contribution in [0.25, 0.3) is 0 Å². The standard InChI is InChI=1S/C20H16FN/c21-19-14-8-7-13-18(19)15-22-20(16-9-3-1-4-10-16)17-11-5-2-6-12-17/h1-15,20H. The summed E-state index contributed by atoms with van der Waals surface area (Å²) in [6.45, 7) is 0. The number of halogens is 1. The van der Waals surface area contributed by atoms with Gasteiger partial charge >= 0.3 is 0 Å². The average Bonchev–Trinajstić information content (AvgIpc) is 2.59. The highest BCUT2D eigenvalue weighted by molar-refractivity contribution is 5.80. The molecule has 0 amide bonds. The van der Waals surface area contributed by atoms with E-state index in [1.54, 1.807) is 18.3 Å². The Morgan fingerprint density at radius 2 is 1.18 bits per heavy atom. The highest BCUT2D eigenvalue weighted by Gasteiger charge is 2.11. The van der Waals surface area contributed by atoms with Crippen molar-refractivity contribution in [2.75, 3.05) is 0 Å². The van der Waals surface area contributed by atoms with Crippen LogP contribution in [0.2, 0.25) is 0 Å². The van der Waals surface area contributed by atoms with Gasteiger partial charge in [-0.15, -0.1) is 0 Å². The summed E-state index contributed by atoms with van der Waals surface area (Å²) in [5.74, 6) is -0.258. The fourth-order valence-corrected chi connectivity index (χ4v) is 2.37. The Hall–Kier alpha value is -2.74. The zero-order valence-electron chi connectivity index (χ0n) is 12.1. The van der Waals surface area contributed by atoms with E-state index in [4.69, 9.17) is 0 Å². The molecule has 0 atom stereocenters. The highest BCUT2D eigenvalue weighted by atomic mass is 19.1. The molecular weight excluding hydrogens is 273 g/mol. The molecule has 22 heavy (non-hydrogen) atoms. The summed E-state index contributed by atoms with van der Waals surface area (Å²) in [4.78, 5) is 4.63. The molecular formula is C20H16FN. The molecule has 0 aromatic heterocycles. The fourth-order valence-electron chi connectivity index (χ4n) is 2.37. The minimum absolute atomic E-state index is 0.137. The van der Waals surface area contributed by atoms with Gasteiger partial charge in [0, 0.05) is 11.8 Å². The smallest absolute Gasteiger partial charge is 0.131 e. The average molecular weight is 289 g/mol. The lowest BCUT2D eigenvalue weighted by Gasteiger charge is -2.13. The van der Waals surface area contributed by atoms with Gasteiger partial charge in [-0.2, -0.15) is 0 Å². The first-order chi connectivity index (χ1) is 10.8. The molecule has 2 heteroatoms. The molecule has 0 aliphatic carbocycles. The van der Waals surface area contributed by atoms with Crippen molar-refractivity contribution in [3.63, 3.8) is 0 Å². The zero-order chi connectivity index (χ0) is 15.2. The van der Waals surface area contributed by atoms with Gasteiger partial charge in [-0.3, -0.25) is 4.99 Å². The van der Waals surface area contributed by atoms with Gasteiger partial charge < -0.3 is 0 Å². The summed E-state index contributed by atoms with van der Waals surface area (Å²) in [5, 5.41) is 0. The molecule has 0 aliphatic rings. The van der Waals surface area contributed by atoms with Crippen molar-refractivity contribution < 1.29 is 4.39 Å². The first kappa shape index (κ1) is 14.2. The van der Waals surface area contributed by atoms with Crippen LogP contribution in [0.1, 0.15) is 22.7 Å². The van der Waals surface area contributed by atoms with Crippen LogP contribution in [0.15, 0.2) is 89.9 Å². The third-order valence-corrected chi connectivity index (χ3v) is 3.50. The molecule has 0 heterocycles. The van der Waals surface area contributed by atoms with Gasteiger partial charge in [-0.1, -0.05) is 78.9 Å². The molecule has 0 saturated carbocycles. The van der Waals surface area contributed by atoms with Gasteiger partial charge in [0.2, 0.25) is 0 Å². The number of hydrogen-bond donors (Lipinski definition) is 0. The number of hydrogen-bond acceptors (Lipinski definition) is 1. The number of benzene rings is 3. The van der Waals surface area contributed by atoms with Crippen molar-refractivity contribution >= 4 is 6.21 Å². The molecule has 0 radical (unpaired) electrons. The van der Waals surface area contributed by atoms with Crippen LogP contribution >= 0.6 is 0 Å². The summed E-state index contributed by atoms with van der Waals surface area (Å²) < 4.78 is 13.8. The molecule has 0 bridgehead atoms. The van der Waals surface area contributed by atoms with Crippen LogP contribution in [-0.4, -0.2) is 6.21 Å². The molecule has 0 spiro atoms. The third kappa shape index (κ3) is 3.29. The third-order valence-electron chi connectivity index (χ3n) is 3.50. The SMILES string of the molecule is Fc1ccccc1C=NC(c1ccccc1)c1ccccc1. The van der Waals surface area contributed by atoms with E-state index in [0.717, 1.165) is 11.1 Å². The Morgan fingerprint density at radius 3 is 1.73 bits per heavy atom. The van der Waals surface area contributed by atoms with E-state index in [-0.39, 0.29) is 11.9 Å². The van der Waals surface area contributed by atoms with Crippen molar-refractivity contribution in [3.8, 4) is 0 Å². The maximum Gasteiger partial charge on any atom is 0.131 e. The Balaban J connectivity index is 1.98. The van der Waals surface area contributed by atoms with E-state index in [9.17, 15) is 4.39 Å². The lowest BCUT2D eigenvalue weighted by atomic mass is 9.99. The van der Waals surface area contributed by atoms with Crippen molar-refractivity contribution in [2.24, 2.45) is 4.99 Å². The van der Waals surface area contributed by atoms with Crippen LogP contribution in [0.3, 0.4) is 0 Å². The van der Waals surface area contributed by atoms with Crippen LogP contribution in [0, 0.1) is 5.82 Å². The second-order valence-corrected chi connectivity index (χ2v) is 5.02. The van der Waals surface area contributed by atoms with Gasteiger partial charge in [0.05, 0.1) is 6.04 Å². The summed E-state index contributed by atoms with van der Waals surface area (Å²) in [6, 6.07) is 26.6. The largest absolute Gasteiger partial charge is 0.280 e. The molecule has 1 nitrogen and oxygen atoms in total. The quantitative estimate of drug-likeness (QED) is 0.597. The predicted octanol–water partition coefficient (Wildman–Crippen LogP) is 5.03. The fraction of sp³-hybridized carbons (Fsp3) is 0.0500. The molecule has 0 unspecified atom stereocenters. The van der Waals surface area contributed by atoms with E-state index in [1.807, 2.05) is 66.7 Å². The summed E-state index contributed by atoms with van der Waals surface area (Å²) in [6.07, 6.45) is 1.61. The molecule has 0 aliphatic heterocycles.